The molecule has 1 fully saturated rings. The Hall–Kier alpha value is -4.17. The van der Waals surface area contributed by atoms with Crippen molar-refractivity contribution in [3.05, 3.63) is 108 Å². The summed E-state index contributed by atoms with van der Waals surface area (Å²) in [5, 5.41) is 17.6. The number of aromatic hydroxyl groups is 1. The smallest absolute Gasteiger partial charge is 0.226 e. The molecule has 7 nitrogen and oxygen atoms in total. The van der Waals surface area contributed by atoms with Crippen molar-refractivity contribution in [2.24, 2.45) is 0 Å². The van der Waals surface area contributed by atoms with Gasteiger partial charge in [-0.2, -0.15) is 0 Å². The number of nitrogens with one attached hydrogen (secondary N) is 2. The largest absolute Gasteiger partial charge is 0.506 e. The van der Waals surface area contributed by atoms with Crippen molar-refractivity contribution in [2.75, 3.05) is 11.9 Å². The first-order valence-corrected chi connectivity index (χ1v) is 12.6. The minimum Gasteiger partial charge on any atom is -0.506 e. The lowest BCUT2D eigenvalue weighted by molar-refractivity contribution is -0.116. The van der Waals surface area contributed by atoms with Gasteiger partial charge in [0.2, 0.25) is 5.91 Å². The van der Waals surface area contributed by atoms with E-state index < -0.39 is 0 Å². The van der Waals surface area contributed by atoms with Crippen LogP contribution in [0.5, 0.6) is 5.75 Å². The molecule has 0 aliphatic carbocycles. The van der Waals surface area contributed by atoms with Crippen molar-refractivity contribution in [3.63, 3.8) is 0 Å². The van der Waals surface area contributed by atoms with Crippen molar-refractivity contribution in [1.82, 2.24) is 19.8 Å². The molecule has 3 heterocycles. The van der Waals surface area contributed by atoms with E-state index in [2.05, 4.69) is 31.2 Å². The zero-order valence-corrected chi connectivity index (χ0v) is 21.6. The van der Waals surface area contributed by atoms with Crippen LogP contribution in [-0.2, 0) is 4.79 Å². The maximum Gasteiger partial charge on any atom is 0.226 e. The fraction of sp³-hybridized carbons (Fsp3) is 0.207. The van der Waals surface area contributed by atoms with E-state index in [9.17, 15) is 9.90 Å². The van der Waals surface area contributed by atoms with Gasteiger partial charge in [0.15, 0.2) is 5.11 Å². The Morgan fingerprint density at radius 1 is 1.05 bits per heavy atom. The van der Waals surface area contributed by atoms with E-state index in [1.54, 1.807) is 12.3 Å². The second-order valence-corrected chi connectivity index (χ2v) is 9.52. The number of aryl methyl sites for hydroxylation is 1. The number of hydrogen-bond donors (Lipinski definition) is 3. The number of hydrogen-bond acceptors (Lipinski definition) is 4. The van der Waals surface area contributed by atoms with Gasteiger partial charge in [-0.1, -0.05) is 36.4 Å². The number of pyridine rings is 1. The van der Waals surface area contributed by atoms with Crippen LogP contribution in [0.2, 0.25) is 0 Å². The lowest BCUT2D eigenvalue weighted by atomic mass is 9.96. The summed E-state index contributed by atoms with van der Waals surface area (Å²) in [5.74, 6) is 0.139. The molecular weight excluding hydrogens is 482 g/mol. The number of phenols is 1. The van der Waals surface area contributed by atoms with Crippen molar-refractivity contribution < 1.29 is 9.90 Å². The number of para-hydroxylation sites is 3. The van der Waals surface area contributed by atoms with E-state index in [4.69, 9.17) is 12.2 Å². The second-order valence-electron chi connectivity index (χ2n) is 9.13. The van der Waals surface area contributed by atoms with Crippen molar-refractivity contribution in [1.29, 1.82) is 0 Å². The van der Waals surface area contributed by atoms with Gasteiger partial charge in [-0.25, -0.2) is 0 Å². The van der Waals surface area contributed by atoms with Crippen LogP contribution in [-0.4, -0.2) is 37.1 Å². The molecule has 0 saturated carbocycles. The lowest BCUT2D eigenvalue weighted by Crippen LogP contribution is -2.32. The van der Waals surface area contributed by atoms with Gasteiger partial charge in [-0.15, -0.1) is 0 Å². The fourth-order valence-corrected chi connectivity index (χ4v) is 5.39. The zero-order valence-electron chi connectivity index (χ0n) is 20.8. The number of carbonyl (C=O) groups excluding carboxylic acids is 1. The summed E-state index contributed by atoms with van der Waals surface area (Å²) in [7, 11) is 0. The molecule has 2 aromatic heterocycles. The Bertz CT molecular complexity index is 1420. The number of anilines is 1. The van der Waals surface area contributed by atoms with Crippen molar-refractivity contribution >= 4 is 28.9 Å². The standard InChI is InChI=1S/C29H29N5O2S/c1-19-18-22(20(2)34(19)24-13-6-7-14-25(24)35)28-27(23-12-8-9-16-30-23)32-29(37)33(28)17-15-26(36)31-21-10-4-3-5-11-21/h3-14,16,18,27-28,35H,15,17H2,1-2H3,(H,31,36)(H,32,37)/t27-,28-/m1/s1. The Kier molecular flexibility index (Phi) is 6.92. The molecule has 5 rings (SSSR count). The van der Waals surface area contributed by atoms with Gasteiger partial charge >= 0.3 is 0 Å². The van der Waals surface area contributed by atoms with Gasteiger partial charge in [-0.05, 0) is 74.1 Å². The second kappa shape index (κ2) is 10.4. The molecule has 1 aliphatic heterocycles. The molecule has 3 N–H and O–H groups in total. The Balaban J connectivity index is 1.49. The number of amides is 1. The van der Waals surface area contributed by atoms with Crippen LogP contribution in [0.4, 0.5) is 5.69 Å². The van der Waals surface area contributed by atoms with E-state index in [0.29, 0.717) is 11.7 Å². The molecular formula is C29H29N5O2S. The van der Waals surface area contributed by atoms with E-state index in [1.165, 1.54) is 0 Å². The van der Waals surface area contributed by atoms with Gasteiger partial charge in [-0.3, -0.25) is 9.78 Å². The van der Waals surface area contributed by atoms with Gasteiger partial charge in [0.05, 0.1) is 23.5 Å². The van der Waals surface area contributed by atoms with Crippen LogP contribution in [0.15, 0.2) is 85.1 Å². The molecule has 1 aliphatic rings. The van der Waals surface area contributed by atoms with Gasteiger partial charge in [0.25, 0.3) is 0 Å². The van der Waals surface area contributed by atoms with Gasteiger partial charge in [0.1, 0.15) is 5.75 Å². The monoisotopic (exact) mass is 511 g/mol. The maximum absolute atomic E-state index is 12.8. The zero-order chi connectivity index (χ0) is 25.9. The highest BCUT2D eigenvalue weighted by Gasteiger charge is 2.41. The maximum atomic E-state index is 12.8. The molecule has 8 heteroatoms. The van der Waals surface area contributed by atoms with E-state index in [1.807, 2.05) is 80.6 Å². The Morgan fingerprint density at radius 3 is 2.51 bits per heavy atom. The Morgan fingerprint density at radius 2 is 1.78 bits per heavy atom. The van der Waals surface area contributed by atoms with E-state index in [-0.39, 0.29) is 30.2 Å². The topological polar surface area (TPSA) is 82.4 Å². The summed E-state index contributed by atoms with van der Waals surface area (Å²) < 4.78 is 2.06. The number of thiocarbonyl (C=S) groups is 1. The first-order valence-electron chi connectivity index (χ1n) is 12.2. The summed E-state index contributed by atoms with van der Waals surface area (Å²) in [6.07, 6.45) is 2.05. The third kappa shape index (κ3) is 4.93. The minimum absolute atomic E-state index is 0.0753. The normalized spacial score (nSPS) is 17.0. The van der Waals surface area contributed by atoms with Crippen molar-refractivity contribution in [3.8, 4) is 11.4 Å². The van der Waals surface area contributed by atoms with Crippen LogP contribution < -0.4 is 10.6 Å². The molecule has 2 atom stereocenters. The summed E-state index contributed by atoms with van der Waals surface area (Å²) in [6, 6.07) is 24.4. The van der Waals surface area contributed by atoms with Gasteiger partial charge < -0.3 is 25.2 Å². The number of carbonyl (C=O) groups is 1. The lowest BCUT2D eigenvalue weighted by Gasteiger charge is -2.28. The molecule has 37 heavy (non-hydrogen) atoms. The molecule has 4 aromatic rings. The molecule has 0 bridgehead atoms. The number of phenolic OH excluding ortho intramolecular Hbond substituents is 1. The minimum atomic E-state index is -0.191. The van der Waals surface area contributed by atoms with Gasteiger partial charge in [0, 0.05) is 36.2 Å². The van der Waals surface area contributed by atoms with Crippen LogP contribution >= 0.6 is 12.2 Å². The van der Waals surface area contributed by atoms with Crippen LogP contribution in [0.1, 0.15) is 41.1 Å². The molecule has 2 aromatic carbocycles. The first kappa shape index (κ1) is 24.5. The molecule has 188 valence electrons. The van der Waals surface area contributed by atoms with Crippen molar-refractivity contribution in [2.45, 2.75) is 32.4 Å². The quantitative estimate of drug-likeness (QED) is 0.296. The summed E-state index contributed by atoms with van der Waals surface area (Å²) in [5.41, 5.74) is 5.42. The highest BCUT2D eigenvalue weighted by Crippen LogP contribution is 2.42. The number of benzene rings is 2. The fourth-order valence-electron chi connectivity index (χ4n) is 5.06. The van der Waals surface area contributed by atoms with Crippen LogP contribution in [0.3, 0.4) is 0 Å². The number of rotatable bonds is 7. The van der Waals surface area contributed by atoms with Crippen LogP contribution in [0, 0.1) is 13.8 Å². The third-order valence-electron chi connectivity index (χ3n) is 6.75. The van der Waals surface area contributed by atoms with E-state index >= 15 is 0 Å². The predicted octanol–water partition coefficient (Wildman–Crippen LogP) is 5.20. The van der Waals surface area contributed by atoms with E-state index in [0.717, 1.165) is 34.0 Å². The first-order chi connectivity index (χ1) is 17.9. The molecule has 0 radical (unpaired) electrons. The summed E-state index contributed by atoms with van der Waals surface area (Å²) in [6.45, 7) is 4.52. The SMILES string of the molecule is Cc1cc([C@@H]2[C@@H](c3ccccn3)NC(=S)N2CCC(=O)Nc2ccccc2)c(C)n1-c1ccccc1O. The van der Waals surface area contributed by atoms with Crippen LogP contribution in [0.25, 0.3) is 5.69 Å². The third-order valence-corrected chi connectivity index (χ3v) is 7.10. The molecule has 0 spiro atoms. The Labute approximate surface area is 221 Å². The molecule has 0 unspecified atom stereocenters. The summed E-state index contributed by atoms with van der Waals surface area (Å²) >= 11 is 5.78. The molecule has 1 saturated heterocycles. The number of aromatic nitrogens is 2. The highest BCUT2D eigenvalue weighted by atomic mass is 32.1. The summed E-state index contributed by atoms with van der Waals surface area (Å²) in [4.78, 5) is 19.5. The predicted molar refractivity (Wildman–Crippen MR) is 149 cm³/mol. The average molecular weight is 512 g/mol. The highest BCUT2D eigenvalue weighted by molar-refractivity contribution is 7.80. The molecule has 1 amide bonds. The average Bonchev–Trinajstić information content (AvgIpc) is 3.38. The number of nitrogens with zero attached hydrogens (tertiary/aromatic N) is 3.